The van der Waals surface area contributed by atoms with E-state index in [4.69, 9.17) is 5.11 Å². The Morgan fingerprint density at radius 3 is 2.35 bits per heavy atom. The van der Waals surface area contributed by atoms with Crippen LogP contribution in [0.3, 0.4) is 0 Å². The first-order valence-electron chi connectivity index (χ1n) is 9.36. The lowest BCUT2D eigenvalue weighted by Crippen LogP contribution is -2.28. The molecule has 0 bridgehead atoms. The van der Waals surface area contributed by atoms with Crippen LogP contribution in [0.15, 0.2) is 59.8 Å². The van der Waals surface area contributed by atoms with E-state index in [1.54, 1.807) is 35.9 Å². The number of benzene rings is 2. The predicted octanol–water partition coefficient (Wildman–Crippen LogP) is 2.74. The van der Waals surface area contributed by atoms with Crippen LogP contribution in [-0.2, 0) is 11.8 Å². The van der Waals surface area contributed by atoms with Crippen molar-refractivity contribution in [1.29, 1.82) is 0 Å². The predicted molar refractivity (Wildman–Crippen MR) is 116 cm³/mol. The van der Waals surface area contributed by atoms with Crippen molar-refractivity contribution in [3.8, 4) is 0 Å². The number of nitrogens with zero attached hydrogens (tertiary/aromatic N) is 3. The smallest absolute Gasteiger partial charge is 0.335 e. The van der Waals surface area contributed by atoms with Gasteiger partial charge in [-0.15, -0.1) is 10.2 Å². The van der Waals surface area contributed by atoms with Crippen molar-refractivity contribution in [3.05, 3.63) is 71.5 Å². The van der Waals surface area contributed by atoms with Gasteiger partial charge in [0.15, 0.2) is 11.0 Å². The molecule has 0 aliphatic heterocycles. The van der Waals surface area contributed by atoms with Gasteiger partial charge in [0.25, 0.3) is 5.91 Å². The summed E-state index contributed by atoms with van der Waals surface area (Å²) >= 11 is 1.21. The Morgan fingerprint density at radius 1 is 1.03 bits per heavy atom. The van der Waals surface area contributed by atoms with Gasteiger partial charge < -0.3 is 20.3 Å². The van der Waals surface area contributed by atoms with Gasteiger partial charge in [-0.1, -0.05) is 30.0 Å². The van der Waals surface area contributed by atoms with Gasteiger partial charge in [-0.3, -0.25) is 9.59 Å². The van der Waals surface area contributed by atoms with Crippen LogP contribution in [0.4, 0.5) is 5.69 Å². The Hall–Kier alpha value is -3.66. The van der Waals surface area contributed by atoms with Gasteiger partial charge in [0, 0.05) is 18.3 Å². The molecule has 31 heavy (non-hydrogen) atoms. The van der Waals surface area contributed by atoms with Crippen LogP contribution in [0.5, 0.6) is 0 Å². The third-order valence-electron chi connectivity index (χ3n) is 4.39. The third kappa shape index (κ3) is 5.70. The minimum Gasteiger partial charge on any atom is -0.478 e. The average molecular weight is 439 g/mol. The lowest BCUT2D eigenvalue weighted by Gasteiger charge is -2.13. The SMILES string of the molecule is CC(NC(=O)c1ccccc1)c1nnc(SCC(=O)Nc2ccc(C(=O)O)cc2)n1C. The van der Waals surface area contributed by atoms with Gasteiger partial charge in [-0.05, 0) is 43.3 Å². The van der Waals surface area contributed by atoms with Crippen LogP contribution in [0.2, 0.25) is 0 Å². The third-order valence-corrected chi connectivity index (χ3v) is 5.41. The van der Waals surface area contributed by atoms with Gasteiger partial charge in [0.1, 0.15) is 0 Å². The normalized spacial score (nSPS) is 11.5. The molecule has 1 unspecified atom stereocenters. The number of hydrogen-bond donors (Lipinski definition) is 3. The molecule has 1 aromatic heterocycles. The fraction of sp³-hybridized carbons (Fsp3) is 0.190. The molecule has 3 N–H and O–H groups in total. The quantitative estimate of drug-likeness (QED) is 0.461. The summed E-state index contributed by atoms with van der Waals surface area (Å²) in [7, 11) is 1.77. The standard InChI is InChI=1S/C21H21N5O4S/c1-13(22-19(28)14-6-4-3-5-7-14)18-24-25-21(26(18)2)31-12-17(27)23-16-10-8-15(9-11-16)20(29)30/h3-11,13H,12H2,1-2H3,(H,22,28)(H,23,27)(H,29,30). The molecule has 1 atom stereocenters. The van der Waals surface area contributed by atoms with E-state index in [9.17, 15) is 14.4 Å². The topological polar surface area (TPSA) is 126 Å². The highest BCUT2D eigenvalue weighted by molar-refractivity contribution is 7.99. The minimum atomic E-state index is -1.03. The molecule has 9 nitrogen and oxygen atoms in total. The van der Waals surface area contributed by atoms with E-state index in [2.05, 4.69) is 20.8 Å². The summed E-state index contributed by atoms with van der Waals surface area (Å²) in [6, 6.07) is 14.4. The van der Waals surface area contributed by atoms with Gasteiger partial charge in [-0.25, -0.2) is 4.79 Å². The molecule has 3 rings (SSSR count). The molecule has 3 aromatic rings. The minimum absolute atomic E-state index is 0.0947. The zero-order chi connectivity index (χ0) is 22.4. The second kappa shape index (κ2) is 9.90. The number of carboxylic acid groups (broad SMARTS) is 1. The molecule has 0 saturated heterocycles. The molecule has 0 aliphatic rings. The molecule has 2 amide bonds. The van der Waals surface area contributed by atoms with Crippen molar-refractivity contribution >= 4 is 35.2 Å². The summed E-state index contributed by atoms with van der Waals surface area (Å²) in [5.74, 6) is -0.837. The molecular weight excluding hydrogens is 418 g/mol. The van der Waals surface area contributed by atoms with E-state index in [1.807, 2.05) is 13.0 Å². The first-order valence-corrected chi connectivity index (χ1v) is 10.3. The zero-order valence-corrected chi connectivity index (χ0v) is 17.7. The average Bonchev–Trinajstić information content (AvgIpc) is 3.13. The fourth-order valence-electron chi connectivity index (χ4n) is 2.79. The van der Waals surface area contributed by atoms with Crippen molar-refractivity contribution < 1.29 is 19.5 Å². The van der Waals surface area contributed by atoms with Gasteiger partial charge in [0.05, 0.1) is 17.4 Å². The molecule has 0 radical (unpaired) electrons. The van der Waals surface area contributed by atoms with E-state index in [-0.39, 0.29) is 29.2 Å². The lowest BCUT2D eigenvalue weighted by atomic mass is 10.2. The number of rotatable bonds is 8. The van der Waals surface area contributed by atoms with Crippen molar-refractivity contribution in [1.82, 2.24) is 20.1 Å². The van der Waals surface area contributed by atoms with Crippen LogP contribution in [0.25, 0.3) is 0 Å². The number of thioether (sulfide) groups is 1. The lowest BCUT2D eigenvalue weighted by molar-refractivity contribution is -0.113. The van der Waals surface area contributed by atoms with Gasteiger partial charge in [0.2, 0.25) is 5.91 Å². The monoisotopic (exact) mass is 439 g/mol. The van der Waals surface area contributed by atoms with Crippen molar-refractivity contribution in [3.63, 3.8) is 0 Å². The summed E-state index contributed by atoms with van der Waals surface area (Å²) < 4.78 is 1.73. The molecule has 0 saturated carbocycles. The zero-order valence-electron chi connectivity index (χ0n) is 16.9. The van der Waals surface area contributed by atoms with Crippen molar-refractivity contribution in [2.24, 2.45) is 7.05 Å². The van der Waals surface area contributed by atoms with Crippen LogP contribution in [0, 0.1) is 0 Å². The summed E-state index contributed by atoms with van der Waals surface area (Å²) in [6.07, 6.45) is 0. The van der Waals surface area contributed by atoms with Crippen LogP contribution >= 0.6 is 11.8 Å². The Bertz CT molecular complexity index is 1080. The molecule has 0 spiro atoms. The summed E-state index contributed by atoms with van der Waals surface area (Å²) in [5, 5.41) is 23.3. The largest absolute Gasteiger partial charge is 0.478 e. The number of hydrogen-bond acceptors (Lipinski definition) is 6. The van der Waals surface area contributed by atoms with Crippen molar-refractivity contribution in [2.75, 3.05) is 11.1 Å². The first kappa shape index (κ1) is 22.0. The Labute approximate surface area is 182 Å². The van der Waals surface area contributed by atoms with E-state index in [0.29, 0.717) is 22.2 Å². The molecular formula is C21H21N5O4S. The number of carbonyl (C=O) groups excluding carboxylic acids is 2. The van der Waals surface area contributed by atoms with Crippen LogP contribution in [-0.4, -0.2) is 43.4 Å². The number of aromatic carboxylic acids is 1. The molecule has 1 heterocycles. The maximum atomic E-state index is 12.3. The Morgan fingerprint density at radius 2 is 1.71 bits per heavy atom. The number of carbonyl (C=O) groups is 3. The summed E-state index contributed by atoms with van der Waals surface area (Å²) in [5.41, 5.74) is 1.21. The highest BCUT2D eigenvalue weighted by Crippen LogP contribution is 2.20. The van der Waals surface area contributed by atoms with Gasteiger partial charge >= 0.3 is 5.97 Å². The number of carboxylic acids is 1. The molecule has 10 heteroatoms. The second-order valence-corrected chi connectivity index (χ2v) is 7.62. The highest BCUT2D eigenvalue weighted by atomic mass is 32.2. The first-order chi connectivity index (χ1) is 14.8. The molecule has 0 fully saturated rings. The van der Waals surface area contributed by atoms with Crippen LogP contribution in [0.1, 0.15) is 39.5 Å². The number of amides is 2. The Balaban J connectivity index is 1.55. The highest BCUT2D eigenvalue weighted by Gasteiger charge is 2.19. The molecule has 2 aromatic carbocycles. The maximum absolute atomic E-state index is 12.3. The van der Waals surface area contributed by atoms with Crippen molar-refractivity contribution in [2.45, 2.75) is 18.1 Å². The fourth-order valence-corrected chi connectivity index (χ4v) is 3.50. The number of anilines is 1. The summed E-state index contributed by atoms with van der Waals surface area (Å²) in [4.78, 5) is 35.4. The number of nitrogens with one attached hydrogen (secondary N) is 2. The maximum Gasteiger partial charge on any atom is 0.335 e. The Kier molecular flexibility index (Phi) is 7.03. The van der Waals surface area contributed by atoms with E-state index in [0.717, 1.165) is 0 Å². The van der Waals surface area contributed by atoms with Gasteiger partial charge in [-0.2, -0.15) is 0 Å². The number of aromatic nitrogens is 3. The molecule has 160 valence electrons. The van der Waals surface area contributed by atoms with E-state index < -0.39 is 5.97 Å². The molecule has 0 aliphatic carbocycles. The van der Waals surface area contributed by atoms with Crippen LogP contribution < -0.4 is 10.6 Å². The second-order valence-electron chi connectivity index (χ2n) is 6.68. The van der Waals surface area contributed by atoms with E-state index in [1.165, 1.54) is 36.0 Å². The summed E-state index contributed by atoms with van der Waals surface area (Å²) in [6.45, 7) is 1.81. The van der Waals surface area contributed by atoms with E-state index >= 15 is 0 Å².